The van der Waals surface area contributed by atoms with Crippen LogP contribution in [0.5, 0.6) is 5.75 Å². The number of para-hydroxylation sites is 1. The lowest BCUT2D eigenvalue weighted by Gasteiger charge is -2.16. The van der Waals surface area contributed by atoms with Gasteiger partial charge in [-0.3, -0.25) is 4.79 Å². The van der Waals surface area contributed by atoms with E-state index >= 15 is 0 Å². The number of pyridine rings is 1. The van der Waals surface area contributed by atoms with Gasteiger partial charge in [0.15, 0.2) is 0 Å². The maximum Gasteiger partial charge on any atom is 0.269 e. The van der Waals surface area contributed by atoms with Crippen LogP contribution in [0.25, 0.3) is 10.9 Å². The average Bonchev–Trinajstić information content (AvgIpc) is 2.73. The van der Waals surface area contributed by atoms with Crippen LogP contribution in [-0.4, -0.2) is 4.57 Å². The molecule has 4 aromatic rings. The summed E-state index contributed by atoms with van der Waals surface area (Å²) < 4.78 is 8.30. The highest BCUT2D eigenvalue weighted by atomic mass is 79.9. The quantitative estimate of drug-likeness (QED) is 0.434. The molecular weight excluding hydrogens is 402 g/mol. The molecule has 27 heavy (non-hydrogen) atoms. The van der Waals surface area contributed by atoms with Crippen LogP contribution >= 0.6 is 15.9 Å². The first-order chi connectivity index (χ1) is 13.2. The third-order valence-electron chi connectivity index (χ3n) is 4.48. The molecule has 3 nitrogen and oxygen atoms in total. The SMILES string of the molecule is O=c1c(Br)c(OCc2ccccc2)c2ccccc2n1Cc1ccccc1. The summed E-state index contributed by atoms with van der Waals surface area (Å²) >= 11 is 3.48. The van der Waals surface area contributed by atoms with Gasteiger partial charge in [0.05, 0.1) is 12.1 Å². The molecule has 0 N–H and O–H groups in total. The summed E-state index contributed by atoms with van der Waals surface area (Å²) in [5.74, 6) is 0.587. The third-order valence-corrected chi connectivity index (χ3v) is 5.18. The molecule has 3 aromatic carbocycles. The Kier molecular flexibility index (Phi) is 5.07. The van der Waals surface area contributed by atoms with Gasteiger partial charge in [-0.1, -0.05) is 72.8 Å². The Balaban J connectivity index is 1.78. The molecule has 0 radical (unpaired) electrons. The van der Waals surface area contributed by atoms with Gasteiger partial charge in [-0.15, -0.1) is 0 Å². The second kappa shape index (κ2) is 7.80. The van der Waals surface area contributed by atoms with Crippen LogP contribution < -0.4 is 10.3 Å². The Labute approximate surface area is 166 Å². The van der Waals surface area contributed by atoms with E-state index in [2.05, 4.69) is 15.9 Å². The molecule has 0 fully saturated rings. The normalized spacial score (nSPS) is 10.9. The van der Waals surface area contributed by atoms with Gasteiger partial charge in [-0.05, 0) is 39.2 Å². The summed E-state index contributed by atoms with van der Waals surface area (Å²) in [6.45, 7) is 0.920. The molecule has 4 heteroatoms. The molecule has 0 spiro atoms. The zero-order valence-electron chi connectivity index (χ0n) is 14.6. The number of fused-ring (bicyclic) bond motifs is 1. The highest BCUT2D eigenvalue weighted by molar-refractivity contribution is 9.10. The van der Waals surface area contributed by atoms with Gasteiger partial charge < -0.3 is 9.30 Å². The van der Waals surface area contributed by atoms with E-state index in [1.54, 1.807) is 4.57 Å². The molecule has 134 valence electrons. The fourth-order valence-corrected chi connectivity index (χ4v) is 3.68. The van der Waals surface area contributed by atoms with Gasteiger partial charge in [0.2, 0.25) is 0 Å². The molecule has 0 saturated heterocycles. The fourth-order valence-electron chi connectivity index (χ4n) is 3.14. The smallest absolute Gasteiger partial charge is 0.269 e. The summed E-state index contributed by atoms with van der Waals surface area (Å²) in [7, 11) is 0. The first kappa shape index (κ1) is 17.6. The van der Waals surface area contributed by atoms with E-state index in [1.807, 2.05) is 84.9 Å². The van der Waals surface area contributed by atoms with E-state index in [0.29, 0.717) is 23.4 Å². The van der Waals surface area contributed by atoms with Crippen molar-refractivity contribution in [1.82, 2.24) is 4.57 Å². The topological polar surface area (TPSA) is 31.2 Å². The van der Waals surface area contributed by atoms with E-state index in [4.69, 9.17) is 4.74 Å². The molecule has 1 heterocycles. The molecule has 0 atom stereocenters. The van der Waals surface area contributed by atoms with E-state index in [9.17, 15) is 4.79 Å². The Bertz CT molecular complexity index is 1120. The molecule has 4 rings (SSSR count). The summed E-state index contributed by atoms with van der Waals surface area (Å²) in [4.78, 5) is 13.1. The lowest BCUT2D eigenvalue weighted by atomic mass is 10.1. The van der Waals surface area contributed by atoms with Crippen molar-refractivity contribution in [3.8, 4) is 5.75 Å². The van der Waals surface area contributed by atoms with Crippen molar-refractivity contribution in [2.45, 2.75) is 13.2 Å². The minimum Gasteiger partial charge on any atom is -0.487 e. The molecule has 0 unspecified atom stereocenters. The first-order valence-electron chi connectivity index (χ1n) is 8.76. The van der Waals surface area contributed by atoms with Gasteiger partial charge in [0, 0.05) is 5.39 Å². The van der Waals surface area contributed by atoms with E-state index in [-0.39, 0.29) is 5.56 Å². The van der Waals surface area contributed by atoms with Crippen molar-refractivity contribution in [2.75, 3.05) is 0 Å². The summed E-state index contributed by atoms with van der Waals surface area (Å²) in [6.07, 6.45) is 0. The summed E-state index contributed by atoms with van der Waals surface area (Å²) in [5.41, 5.74) is 2.90. The summed E-state index contributed by atoms with van der Waals surface area (Å²) in [5, 5.41) is 0.913. The minimum atomic E-state index is -0.0967. The highest BCUT2D eigenvalue weighted by Crippen LogP contribution is 2.32. The Hall–Kier alpha value is -2.85. The van der Waals surface area contributed by atoms with Crippen molar-refractivity contribution in [2.24, 2.45) is 0 Å². The van der Waals surface area contributed by atoms with E-state index < -0.39 is 0 Å². The number of halogens is 1. The molecule has 0 bridgehead atoms. The van der Waals surface area contributed by atoms with Crippen LogP contribution in [-0.2, 0) is 13.2 Å². The van der Waals surface area contributed by atoms with Crippen molar-refractivity contribution >= 4 is 26.8 Å². The van der Waals surface area contributed by atoms with Gasteiger partial charge in [-0.25, -0.2) is 0 Å². The number of aromatic nitrogens is 1. The number of hydrogen-bond acceptors (Lipinski definition) is 2. The second-order valence-corrected chi connectivity index (χ2v) is 7.10. The van der Waals surface area contributed by atoms with Crippen LogP contribution in [0.1, 0.15) is 11.1 Å². The zero-order valence-corrected chi connectivity index (χ0v) is 16.2. The standard InChI is InChI=1S/C23H18BrNO2/c24-21-22(27-16-18-11-5-2-6-12-18)19-13-7-8-14-20(19)25(23(21)26)15-17-9-3-1-4-10-17/h1-14H,15-16H2. The van der Waals surface area contributed by atoms with Crippen LogP contribution in [0, 0.1) is 0 Å². The van der Waals surface area contributed by atoms with E-state index in [0.717, 1.165) is 22.0 Å². The van der Waals surface area contributed by atoms with Crippen LogP contribution in [0.2, 0.25) is 0 Å². The van der Waals surface area contributed by atoms with Crippen molar-refractivity contribution in [3.05, 3.63) is 111 Å². The van der Waals surface area contributed by atoms with Crippen LogP contribution in [0.3, 0.4) is 0 Å². The molecule has 1 aromatic heterocycles. The fraction of sp³-hybridized carbons (Fsp3) is 0.0870. The lowest BCUT2D eigenvalue weighted by Crippen LogP contribution is -2.22. The zero-order chi connectivity index (χ0) is 18.6. The lowest BCUT2D eigenvalue weighted by molar-refractivity contribution is 0.307. The maximum absolute atomic E-state index is 13.1. The molecule has 0 aliphatic rings. The number of benzene rings is 3. The predicted molar refractivity (Wildman–Crippen MR) is 112 cm³/mol. The monoisotopic (exact) mass is 419 g/mol. The third kappa shape index (κ3) is 3.67. The van der Waals surface area contributed by atoms with E-state index in [1.165, 1.54) is 0 Å². The molecular formula is C23H18BrNO2. The number of ether oxygens (including phenoxy) is 1. The second-order valence-electron chi connectivity index (χ2n) is 6.31. The first-order valence-corrected chi connectivity index (χ1v) is 9.55. The Morgan fingerprint density at radius 2 is 1.37 bits per heavy atom. The van der Waals surface area contributed by atoms with Gasteiger partial charge in [-0.2, -0.15) is 0 Å². The molecule has 0 amide bonds. The molecule has 0 saturated carbocycles. The Morgan fingerprint density at radius 3 is 2.07 bits per heavy atom. The predicted octanol–water partition coefficient (Wildman–Crippen LogP) is 5.39. The maximum atomic E-state index is 13.1. The average molecular weight is 420 g/mol. The van der Waals surface area contributed by atoms with Crippen LogP contribution in [0.15, 0.2) is 94.2 Å². The highest BCUT2D eigenvalue weighted by Gasteiger charge is 2.16. The van der Waals surface area contributed by atoms with Crippen molar-refractivity contribution in [3.63, 3.8) is 0 Å². The molecule has 0 aliphatic heterocycles. The number of hydrogen-bond donors (Lipinski definition) is 0. The number of rotatable bonds is 5. The summed E-state index contributed by atoms with van der Waals surface area (Å²) in [6, 6.07) is 27.8. The largest absolute Gasteiger partial charge is 0.487 e. The van der Waals surface area contributed by atoms with Crippen molar-refractivity contribution in [1.29, 1.82) is 0 Å². The van der Waals surface area contributed by atoms with Gasteiger partial charge in [0.1, 0.15) is 16.8 Å². The Morgan fingerprint density at radius 1 is 0.778 bits per heavy atom. The van der Waals surface area contributed by atoms with Gasteiger partial charge >= 0.3 is 0 Å². The van der Waals surface area contributed by atoms with Crippen LogP contribution in [0.4, 0.5) is 0 Å². The van der Waals surface area contributed by atoms with Gasteiger partial charge in [0.25, 0.3) is 5.56 Å². The van der Waals surface area contributed by atoms with Crippen molar-refractivity contribution < 1.29 is 4.74 Å². The molecule has 0 aliphatic carbocycles. The minimum absolute atomic E-state index is 0.0967. The number of nitrogens with zero attached hydrogens (tertiary/aromatic N) is 1.